The fourth-order valence-electron chi connectivity index (χ4n) is 2.57. The summed E-state index contributed by atoms with van der Waals surface area (Å²) in [5.41, 5.74) is 4.61. The number of hydrogen-bond donors (Lipinski definition) is 1. The highest BCUT2D eigenvalue weighted by Gasteiger charge is 2.17. The normalized spacial score (nSPS) is 10.6. The van der Waals surface area contributed by atoms with Gasteiger partial charge in [-0.3, -0.25) is 9.78 Å². The topological polar surface area (TPSA) is 53.4 Å². The zero-order valence-corrected chi connectivity index (χ0v) is 14.0. The zero-order valence-electron chi connectivity index (χ0n) is 14.0. The summed E-state index contributed by atoms with van der Waals surface area (Å²) in [6, 6.07) is 11.8. The molecule has 0 spiro atoms. The van der Waals surface area contributed by atoms with E-state index in [1.54, 1.807) is 4.90 Å². The lowest BCUT2D eigenvalue weighted by Gasteiger charge is -2.23. The molecule has 0 aliphatic rings. The highest BCUT2D eigenvalue weighted by molar-refractivity contribution is 5.94. The van der Waals surface area contributed by atoms with Gasteiger partial charge in [0, 0.05) is 36.6 Å². The van der Waals surface area contributed by atoms with Crippen LogP contribution in [0, 0.1) is 20.8 Å². The van der Waals surface area contributed by atoms with Gasteiger partial charge in [-0.15, -0.1) is 0 Å². The fourth-order valence-corrected chi connectivity index (χ4v) is 2.57. The van der Waals surface area contributed by atoms with E-state index in [0.717, 1.165) is 17.0 Å². The molecular formula is C19H24N2O2. The number of nitrogens with zero attached hydrogens (tertiary/aromatic N) is 2. The second kappa shape index (κ2) is 7.88. The van der Waals surface area contributed by atoms with Crippen LogP contribution < -0.4 is 0 Å². The summed E-state index contributed by atoms with van der Waals surface area (Å²) >= 11 is 0. The maximum absolute atomic E-state index is 12.8. The molecule has 1 N–H and O–H groups in total. The molecule has 0 fully saturated rings. The van der Waals surface area contributed by atoms with Crippen LogP contribution in [0.2, 0.25) is 0 Å². The van der Waals surface area contributed by atoms with Gasteiger partial charge in [0.1, 0.15) is 0 Å². The second-order valence-corrected chi connectivity index (χ2v) is 5.93. The summed E-state index contributed by atoms with van der Waals surface area (Å²) in [5, 5.41) is 9.11. The number of hydrogen-bond acceptors (Lipinski definition) is 3. The largest absolute Gasteiger partial charge is 0.396 e. The van der Waals surface area contributed by atoms with Crippen LogP contribution in [0.4, 0.5) is 0 Å². The molecule has 2 rings (SSSR count). The van der Waals surface area contributed by atoms with Gasteiger partial charge in [-0.2, -0.15) is 0 Å². The van der Waals surface area contributed by atoms with Gasteiger partial charge in [0.15, 0.2) is 0 Å². The van der Waals surface area contributed by atoms with E-state index in [0.29, 0.717) is 25.1 Å². The molecule has 122 valence electrons. The first-order valence-electron chi connectivity index (χ1n) is 7.90. The maximum atomic E-state index is 12.8. The van der Waals surface area contributed by atoms with E-state index in [4.69, 9.17) is 5.11 Å². The molecule has 0 radical (unpaired) electrons. The molecule has 0 unspecified atom stereocenters. The number of aliphatic hydroxyl groups is 1. The third-order valence-corrected chi connectivity index (χ3v) is 3.70. The van der Waals surface area contributed by atoms with E-state index in [2.05, 4.69) is 4.98 Å². The van der Waals surface area contributed by atoms with Crippen LogP contribution >= 0.6 is 0 Å². The summed E-state index contributed by atoms with van der Waals surface area (Å²) in [7, 11) is 0. The summed E-state index contributed by atoms with van der Waals surface area (Å²) in [6.45, 7) is 6.97. The molecule has 1 heterocycles. The highest BCUT2D eigenvalue weighted by atomic mass is 16.3. The Hall–Kier alpha value is -2.20. The first-order chi connectivity index (χ1) is 11.0. The standard InChI is InChI=1S/C19H24N2O2/c1-14-5-7-17(8-6-14)13-21(9-4-10-22)19(23)18-11-15(2)20-16(3)12-18/h5-8,11-12,22H,4,9-10,13H2,1-3H3. The zero-order chi connectivity index (χ0) is 16.8. The van der Waals surface area contributed by atoms with E-state index in [9.17, 15) is 4.79 Å². The number of aliphatic hydroxyl groups excluding tert-OH is 1. The van der Waals surface area contributed by atoms with Crippen LogP contribution in [0.3, 0.4) is 0 Å². The Morgan fingerprint density at radius 2 is 1.70 bits per heavy atom. The van der Waals surface area contributed by atoms with Gasteiger partial charge >= 0.3 is 0 Å². The van der Waals surface area contributed by atoms with E-state index in [-0.39, 0.29) is 12.5 Å². The van der Waals surface area contributed by atoms with Crippen LogP contribution in [0.25, 0.3) is 0 Å². The number of aromatic nitrogens is 1. The Kier molecular flexibility index (Phi) is 5.88. The summed E-state index contributed by atoms with van der Waals surface area (Å²) in [6.07, 6.45) is 0.570. The first kappa shape index (κ1) is 17.2. The maximum Gasteiger partial charge on any atom is 0.254 e. The van der Waals surface area contributed by atoms with Crippen molar-refractivity contribution < 1.29 is 9.90 Å². The number of pyridine rings is 1. The van der Waals surface area contributed by atoms with Gasteiger partial charge in [0.25, 0.3) is 5.91 Å². The Morgan fingerprint density at radius 1 is 1.09 bits per heavy atom. The molecular weight excluding hydrogens is 288 g/mol. The summed E-state index contributed by atoms with van der Waals surface area (Å²) in [5.74, 6) is -0.0207. The van der Waals surface area contributed by atoms with Crippen molar-refractivity contribution in [1.82, 2.24) is 9.88 Å². The van der Waals surface area contributed by atoms with E-state index >= 15 is 0 Å². The number of carbonyl (C=O) groups is 1. The molecule has 4 heteroatoms. The van der Waals surface area contributed by atoms with Crippen molar-refractivity contribution in [3.8, 4) is 0 Å². The number of benzene rings is 1. The third-order valence-electron chi connectivity index (χ3n) is 3.70. The van der Waals surface area contributed by atoms with Gasteiger partial charge in [0.05, 0.1) is 0 Å². The van der Waals surface area contributed by atoms with Crippen molar-refractivity contribution in [2.24, 2.45) is 0 Å². The second-order valence-electron chi connectivity index (χ2n) is 5.93. The van der Waals surface area contributed by atoms with Gasteiger partial charge in [-0.1, -0.05) is 29.8 Å². The molecule has 0 saturated carbocycles. The minimum Gasteiger partial charge on any atom is -0.396 e. The molecule has 0 atom stereocenters. The van der Waals surface area contributed by atoms with Crippen molar-refractivity contribution in [3.05, 3.63) is 64.5 Å². The summed E-state index contributed by atoms with van der Waals surface area (Å²) in [4.78, 5) is 19.0. The van der Waals surface area contributed by atoms with Crippen LogP contribution in [0.1, 0.15) is 39.3 Å². The van der Waals surface area contributed by atoms with Crippen LogP contribution in [-0.2, 0) is 6.54 Å². The Balaban J connectivity index is 2.22. The fraction of sp³-hybridized carbons (Fsp3) is 0.368. The molecule has 0 bridgehead atoms. The first-order valence-corrected chi connectivity index (χ1v) is 7.90. The summed E-state index contributed by atoms with van der Waals surface area (Å²) < 4.78 is 0. The minimum absolute atomic E-state index is 0.0207. The highest BCUT2D eigenvalue weighted by Crippen LogP contribution is 2.13. The van der Waals surface area contributed by atoms with Crippen molar-refractivity contribution >= 4 is 5.91 Å². The lowest BCUT2D eigenvalue weighted by Crippen LogP contribution is -2.32. The third kappa shape index (κ3) is 4.89. The number of rotatable bonds is 6. The Labute approximate surface area is 137 Å². The number of carbonyl (C=O) groups excluding carboxylic acids is 1. The van der Waals surface area contributed by atoms with Crippen LogP contribution in [0.15, 0.2) is 36.4 Å². The average molecular weight is 312 g/mol. The van der Waals surface area contributed by atoms with E-state index < -0.39 is 0 Å². The molecule has 1 aromatic heterocycles. The quantitative estimate of drug-likeness (QED) is 0.892. The smallest absolute Gasteiger partial charge is 0.254 e. The number of amides is 1. The lowest BCUT2D eigenvalue weighted by molar-refractivity contribution is 0.0731. The monoisotopic (exact) mass is 312 g/mol. The van der Waals surface area contributed by atoms with Crippen LogP contribution in [0.5, 0.6) is 0 Å². The molecule has 1 aromatic carbocycles. The minimum atomic E-state index is -0.0207. The van der Waals surface area contributed by atoms with Gasteiger partial charge in [-0.25, -0.2) is 0 Å². The Bertz CT molecular complexity index is 645. The molecule has 4 nitrogen and oxygen atoms in total. The SMILES string of the molecule is Cc1ccc(CN(CCCO)C(=O)c2cc(C)nc(C)c2)cc1. The van der Waals surface area contributed by atoms with Crippen LogP contribution in [-0.4, -0.2) is 34.0 Å². The van der Waals surface area contributed by atoms with Crippen molar-refractivity contribution in [2.75, 3.05) is 13.2 Å². The lowest BCUT2D eigenvalue weighted by atomic mass is 10.1. The number of aryl methyl sites for hydroxylation is 3. The molecule has 0 aliphatic carbocycles. The van der Waals surface area contributed by atoms with Gasteiger partial charge < -0.3 is 10.0 Å². The predicted molar refractivity (Wildman–Crippen MR) is 91.3 cm³/mol. The molecule has 1 amide bonds. The van der Waals surface area contributed by atoms with Crippen molar-refractivity contribution in [3.63, 3.8) is 0 Å². The molecule has 0 saturated heterocycles. The van der Waals surface area contributed by atoms with Gasteiger partial charge in [-0.05, 0) is 44.9 Å². The van der Waals surface area contributed by atoms with E-state index in [1.165, 1.54) is 5.56 Å². The molecule has 23 heavy (non-hydrogen) atoms. The predicted octanol–water partition coefficient (Wildman–Crippen LogP) is 3.03. The van der Waals surface area contributed by atoms with Crippen molar-refractivity contribution in [1.29, 1.82) is 0 Å². The van der Waals surface area contributed by atoms with E-state index in [1.807, 2.05) is 57.2 Å². The Morgan fingerprint density at radius 3 is 2.26 bits per heavy atom. The van der Waals surface area contributed by atoms with Crippen molar-refractivity contribution in [2.45, 2.75) is 33.7 Å². The van der Waals surface area contributed by atoms with Gasteiger partial charge in [0.2, 0.25) is 0 Å². The molecule has 0 aliphatic heterocycles. The average Bonchev–Trinajstić information content (AvgIpc) is 2.51. The molecule has 2 aromatic rings.